The summed E-state index contributed by atoms with van der Waals surface area (Å²) in [5.74, 6) is 0. The third-order valence-corrected chi connectivity index (χ3v) is 4.86. The van der Waals surface area contributed by atoms with E-state index in [1.54, 1.807) is 0 Å². The number of nitrogens with zero attached hydrogens (tertiary/aromatic N) is 3. The first-order valence-corrected chi connectivity index (χ1v) is 8.64. The van der Waals surface area contributed by atoms with Crippen LogP contribution in [0.1, 0.15) is 29.4 Å². The van der Waals surface area contributed by atoms with Gasteiger partial charge in [0.1, 0.15) is 0 Å². The summed E-state index contributed by atoms with van der Waals surface area (Å²) in [6, 6.07) is 8.57. The highest BCUT2D eigenvalue weighted by Crippen LogP contribution is 2.18. The third-order valence-electron chi connectivity index (χ3n) is 4.61. The van der Waals surface area contributed by atoms with E-state index in [1.165, 1.54) is 16.8 Å². The van der Waals surface area contributed by atoms with Crippen molar-refractivity contribution >= 4 is 24.0 Å². The fraction of sp³-hybridized carbons (Fsp3) is 0.500. The summed E-state index contributed by atoms with van der Waals surface area (Å²) in [6.45, 7) is 11.6. The summed E-state index contributed by atoms with van der Waals surface area (Å²) in [6.07, 6.45) is 0. The van der Waals surface area contributed by atoms with Crippen molar-refractivity contribution in [1.29, 1.82) is 0 Å². The first-order valence-electron chi connectivity index (χ1n) is 8.26. The molecule has 0 aliphatic carbocycles. The number of nitrogens with one attached hydrogen (secondary N) is 1. The zero-order valence-electron chi connectivity index (χ0n) is 14.6. The van der Waals surface area contributed by atoms with E-state index in [4.69, 9.17) is 16.7 Å². The molecule has 2 heterocycles. The highest BCUT2D eigenvalue weighted by atomic mass is 35.5. The number of hydrogen-bond donors (Lipinski definition) is 1. The summed E-state index contributed by atoms with van der Waals surface area (Å²) < 4.78 is 2.11. The minimum absolute atomic E-state index is 0. The Kier molecular flexibility index (Phi) is 6.70. The lowest BCUT2D eigenvalue weighted by atomic mass is 10.1. The lowest BCUT2D eigenvalue weighted by molar-refractivity contribution is 0.199. The smallest absolute Gasteiger partial charge is 0.0662 e. The second-order valence-electron chi connectivity index (χ2n) is 6.52. The van der Waals surface area contributed by atoms with Gasteiger partial charge in [0.2, 0.25) is 0 Å². The monoisotopic (exact) mass is 368 g/mol. The van der Waals surface area contributed by atoms with Crippen molar-refractivity contribution < 1.29 is 0 Å². The van der Waals surface area contributed by atoms with Gasteiger partial charge in [-0.25, -0.2) is 0 Å². The number of aryl methyl sites for hydroxylation is 1. The number of hydrogen-bond acceptors (Lipinski definition) is 3. The highest BCUT2D eigenvalue weighted by Gasteiger charge is 2.19. The summed E-state index contributed by atoms with van der Waals surface area (Å²) >= 11 is 5.96. The van der Waals surface area contributed by atoms with Crippen LogP contribution in [-0.2, 0) is 13.1 Å². The van der Waals surface area contributed by atoms with Gasteiger partial charge in [-0.15, -0.1) is 12.4 Å². The van der Waals surface area contributed by atoms with Crippen molar-refractivity contribution in [2.45, 2.75) is 39.9 Å². The van der Waals surface area contributed by atoms with E-state index in [-0.39, 0.29) is 12.4 Å². The number of benzene rings is 1. The van der Waals surface area contributed by atoms with Gasteiger partial charge in [0, 0.05) is 48.5 Å². The van der Waals surface area contributed by atoms with Crippen LogP contribution < -0.4 is 5.32 Å². The average molecular weight is 369 g/mol. The molecule has 0 radical (unpaired) electrons. The average Bonchev–Trinajstić information content (AvgIpc) is 2.77. The molecular weight excluding hydrogens is 343 g/mol. The Morgan fingerprint density at radius 2 is 1.92 bits per heavy atom. The van der Waals surface area contributed by atoms with Crippen molar-refractivity contribution in [3.8, 4) is 0 Å². The molecule has 2 aromatic rings. The molecule has 0 spiro atoms. The van der Waals surface area contributed by atoms with Crippen LogP contribution in [0.3, 0.4) is 0 Å². The lowest BCUT2D eigenvalue weighted by Gasteiger charge is -2.31. The first-order chi connectivity index (χ1) is 11.0. The largest absolute Gasteiger partial charge is 0.312 e. The third kappa shape index (κ3) is 4.51. The maximum absolute atomic E-state index is 5.96. The Bertz CT molecular complexity index is 666. The van der Waals surface area contributed by atoms with Crippen LogP contribution in [0.15, 0.2) is 24.3 Å². The van der Waals surface area contributed by atoms with Crippen LogP contribution in [0.25, 0.3) is 0 Å². The Balaban J connectivity index is 0.00000208. The molecule has 3 rings (SSSR count). The van der Waals surface area contributed by atoms with Crippen LogP contribution in [0.2, 0.25) is 5.02 Å². The van der Waals surface area contributed by atoms with Gasteiger partial charge in [0.05, 0.1) is 12.2 Å². The van der Waals surface area contributed by atoms with Crippen molar-refractivity contribution in [3.05, 3.63) is 51.8 Å². The lowest BCUT2D eigenvalue weighted by Crippen LogP contribution is -2.48. The molecule has 6 heteroatoms. The van der Waals surface area contributed by atoms with E-state index in [0.717, 1.165) is 43.4 Å². The topological polar surface area (TPSA) is 33.1 Å². The summed E-state index contributed by atoms with van der Waals surface area (Å²) in [7, 11) is 0. The predicted octanol–water partition coefficient (Wildman–Crippen LogP) is 3.42. The Morgan fingerprint density at radius 3 is 2.58 bits per heavy atom. The van der Waals surface area contributed by atoms with Gasteiger partial charge in [0.15, 0.2) is 0 Å². The van der Waals surface area contributed by atoms with Crippen molar-refractivity contribution in [1.82, 2.24) is 20.0 Å². The summed E-state index contributed by atoms with van der Waals surface area (Å²) in [4.78, 5) is 2.52. The SMILES string of the molecule is Cc1nn(Cc2ccc(Cl)cc2)c(C)c1CN1CCNC(C)C1.Cl. The number of halogens is 2. The normalized spacial score (nSPS) is 18.4. The quantitative estimate of drug-likeness (QED) is 0.897. The van der Waals surface area contributed by atoms with Gasteiger partial charge in [0.25, 0.3) is 0 Å². The molecule has 1 N–H and O–H groups in total. The van der Waals surface area contributed by atoms with Crippen LogP contribution >= 0.6 is 24.0 Å². The van der Waals surface area contributed by atoms with Gasteiger partial charge in [-0.05, 0) is 38.5 Å². The molecule has 1 aromatic heterocycles. The van der Waals surface area contributed by atoms with Crippen LogP contribution in [0.5, 0.6) is 0 Å². The van der Waals surface area contributed by atoms with Gasteiger partial charge in [-0.1, -0.05) is 23.7 Å². The maximum Gasteiger partial charge on any atom is 0.0662 e. The van der Waals surface area contributed by atoms with E-state index in [0.29, 0.717) is 6.04 Å². The molecular formula is C18H26Cl2N4. The number of rotatable bonds is 4. The summed E-state index contributed by atoms with van der Waals surface area (Å²) in [5, 5.41) is 9.02. The molecule has 1 atom stereocenters. The van der Waals surface area contributed by atoms with Crippen molar-refractivity contribution in [2.75, 3.05) is 19.6 Å². The van der Waals surface area contributed by atoms with E-state index in [1.807, 2.05) is 12.1 Å². The molecule has 1 aliphatic heterocycles. The minimum atomic E-state index is 0. The fourth-order valence-corrected chi connectivity index (χ4v) is 3.38. The molecule has 1 saturated heterocycles. The molecule has 132 valence electrons. The van der Waals surface area contributed by atoms with Crippen LogP contribution in [-0.4, -0.2) is 40.4 Å². The van der Waals surface area contributed by atoms with E-state index < -0.39 is 0 Å². The molecule has 0 amide bonds. The van der Waals surface area contributed by atoms with E-state index in [9.17, 15) is 0 Å². The van der Waals surface area contributed by atoms with Gasteiger partial charge < -0.3 is 5.32 Å². The molecule has 1 unspecified atom stereocenters. The van der Waals surface area contributed by atoms with Gasteiger partial charge in [-0.2, -0.15) is 5.10 Å². The zero-order valence-corrected chi connectivity index (χ0v) is 16.1. The zero-order chi connectivity index (χ0) is 16.4. The molecule has 0 bridgehead atoms. The van der Waals surface area contributed by atoms with E-state index in [2.05, 4.69) is 47.8 Å². The molecule has 24 heavy (non-hydrogen) atoms. The molecule has 4 nitrogen and oxygen atoms in total. The molecule has 1 fully saturated rings. The van der Waals surface area contributed by atoms with Gasteiger partial charge in [-0.3, -0.25) is 9.58 Å². The number of piperazine rings is 1. The Labute approximate surface area is 155 Å². The van der Waals surface area contributed by atoms with Gasteiger partial charge >= 0.3 is 0 Å². The second-order valence-corrected chi connectivity index (χ2v) is 6.96. The molecule has 0 saturated carbocycles. The Hall–Kier alpha value is -1.07. The minimum Gasteiger partial charge on any atom is -0.312 e. The molecule has 1 aromatic carbocycles. The number of aromatic nitrogens is 2. The van der Waals surface area contributed by atoms with Crippen molar-refractivity contribution in [3.63, 3.8) is 0 Å². The second kappa shape index (κ2) is 8.34. The highest BCUT2D eigenvalue weighted by molar-refractivity contribution is 6.30. The maximum atomic E-state index is 5.96. The first kappa shape index (κ1) is 19.3. The molecule has 1 aliphatic rings. The van der Waals surface area contributed by atoms with Crippen molar-refractivity contribution in [2.24, 2.45) is 0 Å². The Morgan fingerprint density at radius 1 is 1.21 bits per heavy atom. The predicted molar refractivity (Wildman–Crippen MR) is 102 cm³/mol. The summed E-state index contributed by atoms with van der Waals surface area (Å²) in [5.41, 5.74) is 5.00. The standard InChI is InChI=1S/C18H25ClN4.ClH/c1-13-10-22(9-8-20-13)12-18-14(2)21-23(15(18)3)11-16-4-6-17(19)7-5-16;/h4-7,13,20H,8-12H2,1-3H3;1H. The van der Waals surface area contributed by atoms with Crippen LogP contribution in [0.4, 0.5) is 0 Å². The van der Waals surface area contributed by atoms with Crippen LogP contribution in [0, 0.1) is 13.8 Å². The fourth-order valence-electron chi connectivity index (χ4n) is 3.26. The van der Waals surface area contributed by atoms with E-state index >= 15 is 0 Å².